The van der Waals surface area contributed by atoms with Gasteiger partial charge in [0.15, 0.2) is 0 Å². The summed E-state index contributed by atoms with van der Waals surface area (Å²) in [5.41, 5.74) is 2.53. The molecule has 0 aliphatic carbocycles. The molecule has 11 heavy (non-hydrogen) atoms. The molecule has 0 unspecified atom stereocenters. The quantitative estimate of drug-likeness (QED) is 0.630. The molecule has 2 heterocycles. The summed E-state index contributed by atoms with van der Waals surface area (Å²) >= 11 is 0. The predicted molar refractivity (Wildman–Crippen MR) is 45.9 cm³/mol. The zero-order chi connectivity index (χ0) is 6.97. The van der Waals surface area contributed by atoms with Crippen LogP contribution in [0.3, 0.4) is 0 Å². The van der Waals surface area contributed by atoms with Crippen LogP contribution < -0.4 is 0 Å². The van der Waals surface area contributed by atoms with Gasteiger partial charge in [-0.1, -0.05) is 0 Å². The summed E-state index contributed by atoms with van der Waals surface area (Å²) in [4.78, 5) is 9.63. The van der Waals surface area contributed by atoms with Crippen LogP contribution in [0.1, 0.15) is 11.4 Å². The van der Waals surface area contributed by atoms with E-state index in [0.29, 0.717) is 0 Å². The maximum Gasteiger partial charge on any atom is 0.0925 e. The Bertz CT molecular complexity index is 233. The topological polar surface area (TPSA) is 31.9 Å². The first-order chi connectivity index (χ1) is 4.86. The van der Waals surface area contributed by atoms with Crippen molar-refractivity contribution in [3.8, 4) is 0 Å². The summed E-state index contributed by atoms with van der Waals surface area (Å²) < 4.78 is 0. The highest BCUT2D eigenvalue weighted by atomic mass is 35.5. The Kier molecular flexibility index (Phi) is 2.52. The van der Waals surface area contributed by atoms with Crippen LogP contribution in [0.25, 0.3) is 0 Å². The maximum absolute atomic E-state index is 4.21. The molecule has 4 heteroatoms. The lowest BCUT2D eigenvalue weighted by Crippen LogP contribution is -2.26. The SMILES string of the molecule is CN1CCc2[nH]cnc2C1.Cl. The van der Waals surface area contributed by atoms with Crippen LogP contribution in [0.2, 0.25) is 0 Å². The third kappa shape index (κ3) is 1.54. The summed E-state index contributed by atoms with van der Waals surface area (Å²) in [5.74, 6) is 0. The van der Waals surface area contributed by atoms with E-state index < -0.39 is 0 Å². The molecule has 0 saturated carbocycles. The van der Waals surface area contributed by atoms with Gasteiger partial charge in [-0.25, -0.2) is 4.98 Å². The van der Waals surface area contributed by atoms with Crippen LogP contribution >= 0.6 is 12.4 Å². The lowest BCUT2D eigenvalue weighted by Gasteiger charge is -2.20. The number of fused-ring (bicyclic) bond motifs is 1. The minimum absolute atomic E-state index is 0. The second kappa shape index (κ2) is 3.24. The van der Waals surface area contributed by atoms with Crippen LogP contribution in [0, 0.1) is 0 Å². The van der Waals surface area contributed by atoms with E-state index in [2.05, 4.69) is 21.9 Å². The van der Waals surface area contributed by atoms with E-state index in [1.54, 1.807) is 6.33 Å². The van der Waals surface area contributed by atoms with Crippen LogP contribution in [-0.2, 0) is 13.0 Å². The fourth-order valence-electron chi connectivity index (χ4n) is 1.34. The molecule has 0 amide bonds. The molecule has 3 nitrogen and oxygen atoms in total. The van der Waals surface area contributed by atoms with Crippen molar-refractivity contribution < 1.29 is 0 Å². The largest absolute Gasteiger partial charge is 0.348 e. The maximum atomic E-state index is 4.21. The summed E-state index contributed by atoms with van der Waals surface area (Å²) in [7, 11) is 2.12. The number of likely N-dealkylation sites (N-methyl/N-ethyl adjacent to an activating group) is 1. The summed E-state index contributed by atoms with van der Waals surface area (Å²) in [6.45, 7) is 2.15. The van der Waals surface area contributed by atoms with Gasteiger partial charge in [-0.2, -0.15) is 0 Å². The third-order valence-electron chi connectivity index (χ3n) is 1.97. The van der Waals surface area contributed by atoms with E-state index in [-0.39, 0.29) is 12.4 Å². The van der Waals surface area contributed by atoms with Gasteiger partial charge in [0, 0.05) is 25.2 Å². The molecule has 0 fully saturated rings. The van der Waals surface area contributed by atoms with Gasteiger partial charge in [0.25, 0.3) is 0 Å². The Morgan fingerprint density at radius 3 is 3.27 bits per heavy atom. The van der Waals surface area contributed by atoms with Gasteiger partial charge in [-0.05, 0) is 7.05 Å². The van der Waals surface area contributed by atoms with Crippen LogP contribution in [0.5, 0.6) is 0 Å². The summed E-state index contributed by atoms with van der Waals surface area (Å²) in [6.07, 6.45) is 2.90. The molecule has 0 atom stereocenters. The Morgan fingerprint density at radius 1 is 1.64 bits per heavy atom. The number of hydrogen-bond donors (Lipinski definition) is 1. The lowest BCUT2D eigenvalue weighted by atomic mass is 10.2. The average molecular weight is 174 g/mol. The first-order valence-corrected chi connectivity index (χ1v) is 3.56. The second-order valence-corrected chi connectivity index (χ2v) is 2.82. The Morgan fingerprint density at radius 2 is 2.45 bits per heavy atom. The Labute approximate surface area is 72.2 Å². The van der Waals surface area contributed by atoms with Crippen LogP contribution in [0.15, 0.2) is 6.33 Å². The normalized spacial score (nSPS) is 17.2. The molecule has 0 radical (unpaired) electrons. The van der Waals surface area contributed by atoms with Crippen molar-refractivity contribution in [2.24, 2.45) is 0 Å². The number of imidazole rings is 1. The first-order valence-electron chi connectivity index (χ1n) is 3.56. The zero-order valence-corrected chi connectivity index (χ0v) is 7.32. The molecule has 1 aliphatic heterocycles. The number of nitrogens with one attached hydrogen (secondary N) is 1. The monoisotopic (exact) mass is 173 g/mol. The zero-order valence-electron chi connectivity index (χ0n) is 6.50. The minimum Gasteiger partial charge on any atom is -0.348 e. The molecule has 2 rings (SSSR count). The molecule has 62 valence electrons. The molecule has 1 aromatic rings. The third-order valence-corrected chi connectivity index (χ3v) is 1.97. The van der Waals surface area contributed by atoms with Gasteiger partial charge in [-0.15, -0.1) is 12.4 Å². The van der Waals surface area contributed by atoms with Crippen molar-refractivity contribution in [2.45, 2.75) is 13.0 Å². The Balaban J connectivity index is 0.000000605. The predicted octanol–water partition coefficient (Wildman–Crippen LogP) is 0.819. The van der Waals surface area contributed by atoms with Crippen molar-refractivity contribution in [1.29, 1.82) is 0 Å². The highest BCUT2D eigenvalue weighted by Gasteiger charge is 2.13. The van der Waals surface area contributed by atoms with E-state index in [9.17, 15) is 0 Å². The number of halogens is 1. The number of aromatic amines is 1. The summed E-state index contributed by atoms with van der Waals surface area (Å²) in [6, 6.07) is 0. The minimum atomic E-state index is 0. The van der Waals surface area contributed by atoms with E-state index in [4.69, 9.17) is 0 Å². The fourth-order valence-corrected chi connectivity index (χ4v) is 1.34. The molecule has 1 N–H and O–H groups in total. The van der Waals surface area contributed by atoms with Gasteiger partial charge in [-0.3, -0.25) is 0 Å². The highest BCUT2D eigenvalue weighted by molar-refractivity contribution is 5.85. The smallest absolute Gasteiger partial charge is 0.0925 e. The molecule has 0 spiro atoms. The molecule has 0 bridgehead atoms. The standard InChI is InChI=1S/C7H11N3.ClH/c1-10-3-2-6-7(4-10)9-5-8-6;/h5H,2-4H2,1H3,(H,8,9);1H. The number of aromatic nitrogens is 2. The molecular weight excluding hydrogens is 162 g/mol. The van der Waals surface area contributed by atoms with E-state index in [0.717, 1.165) is 19.5 Å². The number of rotatable bonds is 0. The molecule has 1 aromatic heterocycles. The average Bonchev–Trinajstić information content (AvgIpc) is 2.33. The molecular formula is C7H12ClN3. The van der Waals surface area contributed by atoms with Crippen molar-refractivity contribution in [3.05, 3.63) is 17.7 Å². The van der Waals surface area contributed by atoms with Crippen LogP contribution in [-0.4, -0.2) is 28.5 Å². The number of hydrogen-bond acceptors (Lipinski definition) is 2. The molecule has 0 saturated heterocycles. The Hall–Kier alpha value is -0.540. The van der Waals surface area contributed by atoms with Crippen molar-refractivity contribution in [3.63, 3.8) is 0 Å². The van der Waals surface area contributed by atoms with Gasteiger partial charge in [0.1, 0.15) is 0 Å². The van der Waals surface area contributed by atoms with E-state index >= 15 is 0 Å². The van der Waals surface area contributed by atoms with Gasteiger partial charge in [0.2, 0.25) is 0 Å². The van der Waals surface area contributed by atoms with Crippen molar-refractivity contribution in [1.82, 2.24) is 14.9 Å². The van der Waals surface area contributed by atoms with Crippen molar-refractivity contribution in [2.75, 3.05) is 13.6 Å². The van der Waals surface area contributed by atoms with Gasteiger partial charge >= 0.3 is 0 Å². The second-order valence-electron chi connectivity index (χ2n) is 2.82. The number of nitrogens with zero attached hydrogens (tertiary/aromatic N) is 2. The first kappa shape index (κ1) is 8.56. The van der Waals surface area contributed by atoms with Gasteiger partial charge < -0.3 is 9.88 Å². The van der Waals surface area contributed by atoms with E-state index in [1.165, 1.54) is 11.4 Å². The van der Waals surface area contributed by atoms with Crippen LogP contribution in [0.4, 0.5) is 0 Å². The fraction of sp³-hybridized carbons (Fsp3) is 0.571. The van der Waals surface area contributed by atoms with Gasteiger partial charge in [0.05, 0.1) is 12.0 Å². The number of H-pyrrole nitrogens is 1. The highest BCUT2D eigenvalue weighted by Crippen LogP contribution is 2.12. The molecule has 0 aromatic carbocycles. The van der Waals surface area contributed by atoms with E-state index in [1.807, 2.05) is 0 Å². The summed E-state index contributed by atoms with van der Waals surface area (Å²) in [5, 5.41) is 0. The lowest BCUT2D eigenvalue weighted by molar-refractivity contribution is 0.307. The molecule has 1 aliphatic rings. The van der Waals surface area contributed by atoms with Crippen molar-refractivity contribution >= 4 is 12.4 Å².